The number of urea groups is 1. The minimum absolute atomic E-state index is 0.0246. The van der Waals surface area contributed by atoms with Crippen molar-refractivity contribution in [3.05, 3.63) is 66.2 Å². The van der Waals surface area contributed by atoms with E-state index in [0.717, 1.165) is 34.4 Å². The number of benzene rings is 3. The lowest BCUT2D eigenvalue weighted by Gasteiger charge is -2.31. The molecule has 0 saturated carbocycles. The van der Waals surface area contributed by atoms with E-state index in [0.29, 0.717) is 24.8 Å². The molecule has 1 aliphatic rings. The Hall–Kier alpha value is -3.32. The number of carbonyl (C=O) groups excluding carboxylic acids is 1. The molecule has 1 N–H and O–H groups in total. The van der Waals surface area contributed by atoms with Crippen LogP contribution in [0.25, 0.3) is 21.0 Å². The Morgan fingerprint density at radius 2 is 1.94 bits per heavy atom. The van der Waals surface area contributed by atoms with Crippen LogP contribution in [0.2, 0.25) is 0 Å². The number of nitrogens with zero attached hydrogens (tertiary/aromatic N) is 2. The molecule has 0 atom stereocenters. The van der Waals surface area contributed by atoms with Gasteiger partial charge in [0.05, 0.1) is 17.3 Å². The van der Waals surface area contributed by atoms with E-state index in [1.165, 1.54) is 22.1 Å². The van der Waals surface area contributed by atoms with Gasteiger partial charge in [-0.2, -0.15) is 0 Å². The number of ether oxygens (including phenoxy) is 2. The van der Waals surface area contributed by atoms with Gasteiger partial charge < -0.3 is 19.7 Å². The smallest absolute Gasteiger partial charge is 0.317 e. The molecule has 0 radical (unpaired) electrons. The van der Waals surface area contributed by atoms with Crippen LogP contribution in [0.4, 0.5) is 4.79 Å². The lowest BCUT2D eigenvalue weighted by molar-refractivity contribution is 0.111. The number of fused-ring (bicyclic) bond motifs is 2. The van der Waals surface area contributed by atoms with Gasteiger partial charge in [-0.25, -0.2) is 9.78 Å². The second-order valence-electron chi connectivity index (χ2n) is 7.91. The molecule has 5 rings (SSSR count). The highest BCUT2D eigenvalue weighted by Crippen LogP contribution is 2.32. The number of likely N-dealkylation sites (tertiary alicyclic amines) is 1. The van der Waals surface area contributed by atoms with Crippen molar-refractivity contribution in [1.82, 2.24) is 15.2 Å². The Morgan fingerprint density at radius 1 is 1.12 bits per heavy atom. The second-order valence-corrected chi connectivity index (χ2v) is 8.91. The minimum Gasteiger partial charge on any atom is -0.497 e. The van der Waals surface area contributed by atoms with Gasteiger partial charge in [-0.3, -0.25) is 0 Å². The maximum Gasteiger partial charge on any atom is 0.317 e. The fourth-order valence-corrected chi connectivity index (χ4v) is 5.02. The van der Waals surface area contributed by atoms with E-state index in [9.17, 15) is 4.79 Å². The van der Waals surface area contributed by atoms with E-state index in [4.69, 9.17) is 9.47 Å². The Balaban J connectivity index is 1.14. The standard InChI is InChI=1S/C25H25N3O3S/c1-30-20-9-10-22-23(15-20)32-25(27-22)31-19-11-13-28(14-12-19)24(29)26-16-18-7-4-6-17-5-2-3-8-21(17)18/h2-10,15,19H,11-14,16H2,1H3,(H,26,29). The zero-order chi connectivity index (χ0) is 21.9. The van der Waals surface area contributed by atoms with E-state index in [-0.39, 0.29) is 12.1 Å². The van der Waals surface area contributed by atoms with E-state index in [1.54, 1.807) is 7.11 Å². The normalized spacial score (nSPS) is 14.6. The molecule has 7 heteroatoms. The average molecular weight is 448 g/mol. The number of thiazole rings is 1. The predicted molar refractivity (Wildman–Crippen MR) is 128 cm³/mol. The molecule has 4 aromatic rings. The predicted octanol–water partition coefficient (Wildman–Crippen LogP) is 5.21. The lowest BCUT2D eigenvalue weighted by atomic mass is 10.0. The van der Waals surface area contributed by atoms with Crippen LogP contribution in [-0.4, -0.2) is 42.2 Å². The fourth-order valence-electron chi connectivity index (χ4n) is 4.11. The summed E-state index contributed by atoms with van der Waals surface area (Å²) in [7, 11) is 1.66. The van der Waals surface area contributed by atoms with Gasteiger partial charge in [0.1, 0.15) is 11.9 Å². The number of nitrogens with one attached hydrogen (secondary N) is 1. The molecule has 2 heterocycles. The summed E-state index contributed by atoms with van der Waals surface area (Å²) in [4.78, 5) is 19.1. The van der Waals surface area contributed by atoms with E-state index in [2.05, 4.69) is 34.6 Å². The highest BCUT2D eigenvalue weighted by atomic mass is 32.1. The van der Waals surface area contributed by atoms with Crippen LogP contribution >= 0.6 is 11.3 Å². The van der Waals surface area contributed by atoms with E-state index < -0.39 is 0 Å². The molecule has 0 spiro atoms. The first-order valence-electron chi connectivity index (χ1n) is 10.8. The number of methoxy groups -OCH3 is 1. The van der Waals surface area contributed by atoms with Gasteiger partial charge >= 0.3 is 6.03 Å². The van der Waals surface area contributed by atoms with Crippen molar-refractivity contribution in [1.29, 1.82) is 0 Å². The molecule has 6 nitrogen and oxygen atoms in total. The third-order valence-electron chi connectivity index (χ3n) is 5.88. The van der Waals surface area contributed by atoms with Crippen molar-refractivity contribution in [2.24, 2.45) is 0 Å². The van der Waals surface area contributed by atoms with E-state index in [1.807, 2.05) is 41.3 Å². The first kappa shape index (κ1) is 20.6. The van der Waals surface area contributed by atoms with Crippen molar-refractivity contribution >= 4 is 38.4 Å². The van der Waals surface area contributed by atoms with Gasteiger partial charge in [-0.1, -0.05) is 53.8 Å². The van der Waals surface area contributed by atoms with Gasteiger partial charge in [-0.15, -0.1) is 0 Å². The summed E-state index contributed by atoms with van der Waals surface area (Å²) >= 11 is 1.53. The lowest BCUT2D eigenvalue weighted by Crippen LogP contribution is -2.46. The number of carbonyl (C=O) groups is 1. The van der Waals surface area contributed by atoms with Gasteiger partial charge in [0, 0.05) is 32.5 Å². The Bertz CT molecular complexity index is 1240. The molecular weight excluding hydrogens is 422 g/mol. The summed E-state index contributed by atoms with van der Waals surface area (Å²) in [5.41, 5.74) is 2.04. The molecule has 1 aliphatic heterocycles. The number of rotatable bonds is 5. The number of hydrogen-bond donors (Lipinski definition) is 1. The molecule has 164 valence electrons. The van der Waals surface area contributed by atoms with Crippen molar-refractivity contribution in [3.63, 3.8) is 0 Å². The van der Waals surface area contributed by atoms with Gasteiger partial charge in [0.25, 0.3) is 5.19 Å². The fraction of sp³-hybridized carbons (Fsp3) is 0.280. The Kier molecular flexibility index (Phi) is 5.81. The minimum atomic E-state index is -0.0246. The molecule has 3 aromatic carbocycles. The van der Waals surface area contributed by atoms with Gasteiger partial charge in [0.15, 0.2) is 0 Å². The maximum atomic E-state index is 12.7. The summed E-state index contributed by atoms with van der Waals surface area (Å²) in [6, 6.07) is 20.2. The monoisotopic (exact) mass is 447 g/mol. The second kappa shape index (κ2) is 9.04. The summed E-state index contributed by atoms with van der Waals surface area (Å²) in [5, 5.41) is 6.11. The van der Waals surface area contributed by atoms with Gasteiger partial charge in [0.2, 0.25) is 0 Å². The van der Waals surface area contributed by atoms with Crippen LogP contribution in [0.1, 0.15) is 18.4 Å². The third kappa shape index (κ3) is 4.34. The molecule has 1 saturated heterocycles. The van der Waals surface area contributed by atoms with Crippen LogP contribution in [0.3, 0.4) is 0 Å². The first-order chi connectivity index (χ1) is 15.7. The molecule has 32 heavy (non-hydrogen) atoms. The van der Waals surface area contributed by atoms with Crippen molar-refractivity contribution in [2.75, 3.05) is 20.2 Å². The molecule has 2 amide bonds. The maximum absolute atomic E-state index is 12.7. The summed E-state index contributed by atoms with van der Waals surface area (Å²) in [6.07, 6.45) is 1.65. The quantitative estimate of drug-likeness (QED) is 0.456. The highest BCUT2D eigenvalue weighted by Gasteiger charge is 2.24. The summed E-state index contributed by atoms with van der Waals surface area (Å²) < 4.78 is 12.5. The molecule has 0 unspecified atom stereocenters. The zero-order valence-electron chi connectivity index (χ0n) is 17.9. The molecule has 1 aromatic heterocycles. The summed E-state index contributed by atoms with van der Waals surface area (Å²) in [5.74, 6) is 0.815. The largest absolute Gasteiger partial charge is 0.497 e. The number of piperidine rings is 1. The van der Waals surface area contributed by atoms with Crippen LogP contribution in [0.15, 0.2) is 60.7 Å². The van der Waals surface area contributed by atoms with Crippen molar-refractivity contribution in [2.45, 2.75) is 25.5 Å². The topological polar surface area (TPSA) is 63.7 Å². The first-order valence-corrected chi connectivity index (χ1v) is 11.6. The van der Waals surface area contributed by atoms with Crippen molar-refractivity contribution in [3.8, 4) is 10.9 Å². The zero-order valence-corrected chi connectivity index (χ0v) is 18.7. The third-order valence-corrected chi connectivity index (χ3v) is 6.79. The van der Waals surface area contributed by atoms with Crippen LogP contribution < -0.4 is 14.8 Å². The van der Waals surface area contributed by atoms with Crippen LogP contribution in [-0.2, 0) is 6.54 Å². The number of aromatic nitrogens is 1. The molecular formula is C25H25N3O3S. The Labute approximate surface area is 190 Å². The highest BCUT2D eigenvalue weighted by molar-refractivity contribution is 7.20. The number of hydrogen-bond acceptors (Lipinski definition) is 5. The van der Waals surface area contributed by atoms with Gasteiger partial charge in [-0.05, 0) is 34.5 Å². The Morgan fingerprint density at radius 3 is 2.78 bits per heavy atom. The van der Waals surface area contributed by atoms with Crippen LogP contribution in [0.5, 0.6) is 10.9 Å². The molecule has 1 fully saturated rings. The summed E-state index contributed by atoms with van der Waals surface area (Å²) in [6.45, 7) is 1.86. The SMILES string of the molecule is COc1ccc2nc(OC3CCN(C(=O)NCc4cccc5ccccc45)CC3)sc2c1. The van der Waals surface area contributed by atoms with E-state index >= 15 is 0 Å². The molecule has 0 aliphatic carbocycles. The molecule has 0 bridgehead atoms. The average Bonchev–Trinajstić information content (AvgIpc) is 3.24. The van der Waals surface area contributed by atoms with Crippen LogP contribution in [0, 0.1) is 0 Å². The number of amides is 2. The van der Waals surface area contributed by atoms with Crippen molar-refractivity contribution < 1.29 is 14.3 Å².